The van der Waals surface area contributed by atoms with Crippen molar-refractivity contribution in [3.63, 3.8) is 0 Å². The highest BCUT2D eigenvalue weighted by atomic mass is 16.3. The molecule has 0 amide bonds. The van der Waals surface area contributed by atoms with E-state index in [1.54, 1.807) is 11.1 Å². The van der Waals surface area contributed by atoms with E-state index in [0.717, 1.165) is 62.9 Å². The Morgan fingerprint density at radius 2 is 1.03 bits per heavy atom. The van der Waals surface area contributed by atoms with Crippen LogP contribution in [-0.2, 0) is 10.8 Å². The lowest BCUT2D eigenvalue weighted by atomic mass is 9.67. The Morgan fingerprint density at radius 1 is 0.422 bits per heavy atom. The summed E-state index contributed by atoms with van der Waals surface area (Å²) in [6, 6.07) is 57.7. The largest absolute Gasteiger partial charge is 0.456 e. The standard InChI is InChI=1S/C61H48N2O/c1-60(2)51-20-9-7-18-45(51)49-36-54-50(35-52(49)60)46-28-26-42(33-53(46)61(54)30-11-4-12-31-61)39-24-22-38(23-25-39)41-16-13-17-43(32-41)55-37-56(63-59(62-55)40-14-5-3-6-15-40)44-27-29-48-47-19-8-10-21-57(47)64-58(48)34-44/h3,5-10,13-22,24,26-29,32-37H,4,11-12,23,25,30-31H2,1-2H3. The molecule has 3 nitrogen and oxygen atoms in total. The van der Waals surface area contributed by atoms with E-state index in [4.69, 9.17) is 14.4 Å². The second kappa shape index (κ2) is 14.2. The molecular weight excluding hydrogens is 777 g/mol. The molecule has 2 aromatic heterocycles. The summed E-state index contributed by atoms with van der Waals surface area (Å²) in [6.07, 6.45) is 13.1. The van der Waals surface area contributed by atoms with Crippen LogP contribution in [0.3, 0.4) is 0 Å². The average molecular weight is 825 g/mol. The van der Waals surface area contributed by atoms with E-state index >= 15 is 0 Å². The Hall–Kier alpha value is -7.10. The maximum atomic E-state index is 6.30. The van der Waals surface area contributed by atoms with Crippen molar-refractivity contribution in [2.24, 2.45) is 0 Å². The summed E-state index contributed by atoms with van der Waals surface area (Å²) in [5.41, 5.74) is 23.9. The highest BCUT2D eigenvalue weighted by Crippen LogP contribution is 2.60. The summed E-state index contributed by atoms with van der Waals surface area (Å²) in [7, 11) is 0. The van der Waals surface area contributed by atoms with Crippen LogP contribution in [0.1, 0.15) is 92.2 Å². The van der Waals surface area contributed by atoms with Crippen LogP contribution in [0.25, 0.3) is 89.2 Å². The van der Waals surface area contributed by atoms with Gasteiger partial charge in [-0.05, 0) is 141 Å². The van der Waals surface area contributed by atoms with Crippen molar-refractivity contribution in [3.8, 4) is 56.2 Å². The van der Waals surface area contributed by atoms with Gasteiger partial charge in [-0.25, -0.2) is 9.97 Å². The van der Waals surface area contributed by atoms with Gasteiger partial charge in [-0.1, -0.05) is 154 Å². The van der Waals surface area contributed by atoms with Crippen LogP contribution in [-0.4, -0.2) is 9.97 Å². The molecule has 1 fully saturated rings. The molecule has 3 heteroatoms. The first-order valence-corrected chi connectivity index (χ1v) is 23.2. The van der Waals surface area contributed by atoms with Crippen molar-refractivity contribution in [2.75, 3.05) is 0 Å². The number of aromatic nitrogens is 2. The number of allylic oxidation sites excluding steroid dienone is 4. The third kappa shape index (κ3) is 5.73. The Kier molecular flexibility index (Phi) is 8.31. The van der Waals surface area contributed by atoms with Crippen LogP contribution < -0.4 is 0 Å². The third-order valence-electron chi connectivity index (χ3n) is 15.3. The summed E-state index contributed by atoms with van der Waals surface area (Å²) >= 11 is 0. The molecule has 0 bridgehead atoms. The van der Waals surface area contributed by atoms with Gasteiger partial charge < -0.3 is 4.42 Å². The van der Waals surface area contributed by atoms with Gasteiger partial charge in [0.05, 0.1) is 11.4 Å². The maximum Gasteiger partial charge on any atom is 0.160 e. The molecule has 64 heavy (non-hydrogen) atoms. The van der Waals surface area contributed by atoms with Gasteiger partial charge in [-0.3, -0.25) is 0 Å². The summed E-state index contributed by atoms with van der Waals surface area (Å²) in [6.45, 7) is 4.82. The van der Waals surface area contributed by atoms with Gasteiger partial charge in [-0.15, -0.1) is 0 Å². The maximum absolute atomic E-state index is 6.30. The first-order valence-electron chi connectivity index (χ1n) is 23.2. The molecule has 9 aromatic rings. The summed E-state index contributed by atoms with van der Waals surface area (Å²) < 4.78 is 6.30. The number of hydrogen-bond donors (Lipinski definition) is 0. The van der Waals surface area contributed by atoms with E-state index in [9.17, 15) is 0 Å². The van der Waals surface area contributed by atoms with Crippen LogP contribution in [0.2, 0.25) is 0 Å². The van der Waals surface area contributed by atoms with Crippen molar-refractivity contribution in [3.05, 3.63) is 203 Å². The van der Waals surface area contributed by atoms with Crippen molar-refractivity contribution < 1.29 is 4.42 Å². The Bertz CT molecular complexity index is 3450. The minimum Gasteiger partial charge on any atom is -0.456 e. The molecule has 0 unspecified atom stereocenters. The molecule has 0 aliphatic heterocycles. The molecule has 1 spiro atoms. The molecule has 308 valence electrons. The predicted molar refractivity (Wildman–Crippen MR) is 264 cm³/mol. The number of nitrogens with zero attached hydrogens (tertiary/aromatic N) is 2. The molecule has 13 rings (SSSR count). The molecule has 4 aliphatic rings. The fraction of sp³-hybridized carbons (Fsp3) is 0.180. The highest BCUT2D eigenvalue weighted by molar-refractivity contribution is 6.06. The van der Waals surface area contributed by atoms with Crippen LogP contribution in [0, 0.1) is 0 Å². The molecular formula is C61H48N2O. The number of benzene rings is 7. The number of para-hydroxylation sites is 1. The Balaban J connectivity index is 0.845. The lowest BCUT2D eigenvalue weighted by Gasteiger charge is -2.36. The average Bonchev–Trinajstić information content (AvgIpc) is 3.93. The zero-order chi connectivity index (χ0) is 42.6. The lowest BCUT2D eigenvalue weighted by Crippen LogP contribution is -2.28. The van der Waals surface area contributed by atoms with E-state index in [1.165, 1.54) is 87.8 Å². The Morgan fingerprint density at radius 3 is 1.84 bits per heavy atom. The van der Waals surface area contributed by atoms with Gasteiger partial charge in [0.2, 0.25) is 0 Å². The predicted octanol–water partition coefficient (Wildman–Crippen LogP) is 16.2. The third-order valence-corrected chi connectivity index (χ3v) is 15.3. The molecule has 0 N–H and O–H groups in total. The minimum absolute atomic E-state index is 0.00495. The van der Waals surface area contributed by atoms with Crippen LogP contribution in [0.15, 0.2) is 174 Å². The SMILES string of the molecule is CC1(C)c2ccccc2-c2cc3c(cc21)-c1ccc(C2=CC=C(c4cccc(-c5cc(-c6ccc7c(c6)oc6ccccc67)nc(-c6ccccc6)n5)c4)CC2)cc1C31CCCCC1. The summed E-state index contributed by atoms with van der Waals surface area (Å²) in [4.78, 5) is 10.3. The van der Waals surface area contributed by atoms with Gasteiger partial charge in [0, 0.05) is 38.3 Å². The number of rotatable bonds is 5. The van der Waals surface area contributed by atoms with Gasteiger partial charge >= 0.3 is 0 Å². The molecule has 4 aliphatic carbocycles. The summed E-state index contributed by atoms with van der Waals surface area (Å²) in [5, 5.41) is 2.23. The first-order chi connectivity index (χ1) is 31.4. The smallest absolute Gasteiger partial charge is 0.160 e. The minimum atomic E-state index is -0.00495. The molecule has 0 saturated heterocycles. The number of hydrogen-bond acceptors (Lipinski definition) is 3. The van der Waals surface area contributed by atoms with E-state index in [-0.39, 0.29) is 10.8 Å². The lowest BCUT2D eigenvalue weighted by molar-refractivity contribution is 0.353. The second-order valence-electron chi connectivity index (χ2n) is 19.1. The van der Waals surface area contributed by atoms with Crippen molar-refractivity contribution >= 4 is 33.1 Å². The van der Waals surface area contributed by atoms with Gasteiger partial charge in [0.15, 0.2) is 5.82 Å². The van der Waals surface area contributed by atoms with Crippen molar-refractivity contribution in [1.29, 1.82) is 0 Å². The fourth-order valence-electron chi connectivity index (χ4n) is 11.9. The number of furan rings is 1. The number of fused-ring (bicyclic) bond motifs is 11. The second-order valence-corrected chi connectivity index (χ2v) is 19.1. The van der Waals surface area contributed by atoms with E-state index in [0.29, 0.717) is 5.82 Å². The molecule has 7 aromatic carbocycles. The van der Waals surface area contributed by atoms with Crippen LogP contribution in [0.4, 0.5) is 0 Å². The molecule has 0 radical (unpaired) electrons. The molecule has 0 atom stereocenters. The first kappa shape index (κ1) is 37.5. The Labute approximate surface area is 374 Å². The summed E-state index contributed by atoms with van der Waals surface area (Å²) in [5.74, 6) is 0.707. The van der Waals surface area contributed by atoms with Crippen molar-refractivity contribution in [1.82, 2.24) is 9.97 Å². The van der Waals surface area contributed by atoms with Crippen LogP contribution in [0.5, 0.6) is 0 Å². The molecule has 2 heterocycles. The van der Waals surface area contributed by atoms with Gasteiger partial charge in [-0.2, -0.15) is 0 Å². The van der Waals surface area contributed by atoms with E-state index in [1.807, 2.05) is 30.3 Å². The zero-order valence-corrected chi connectivity index (χ0v) is 36.4. The zero-order valence-electron chi connectivity index (χ0n) is 36.4. The monoisotopic (exact) mass is 824 g/mol. The highest BCUT2D eigenvalue weighted by Gasteiger charge is 2.46. The van der Waals surface area contributed by atoms with Gasteiger partial charge in [0.1, 0.15) is 11.2 Å². The van der Waals surface area contributed by atoms with Gasteiger partial charge in [0.25, 0.3) is 0 Å². The normalized spacial score (nSPS) is 16.6. The van der Waals surface area contributed by atoms with E-state index < -0.39 is 0 Å². The molecule has 1 saturated carbocycles. The quantitative estimate of drug-likeness (QED) is 0.174. The van der Waals surface area contributed by atoms with Crippen molar-refractivity contribution in [2.45, 2.75) is 69.6 Å². The van der Waals surface area contributed by atoms with E-state index in [2.05, 4.69) is 153 Å². The fourth-order valence-corrected chi connectivity index (χ4v) is 11.9. The topological polar surface area (TPSA) is 38.9 Å². The van der Waals surface area contributed by atoms with Crippen LogP contribution >= 0.6 is 0 Å².